The summed E-state index contributed by atoms with van der Waals surface area (Å²) in [6, 6.07) is 10.00. The Balaban J connectivity index is 1.85. The molecular weight excluding hydrogens is 446 g/mol. The van der Waals surface area contributed by atoms with Crippen LogP contribution in [-0.4, -0.2) is 17.8 Å². The largest absolute Gasteiger partial charge is 0.496 e. The number of carbonyl (C=O) groups excluding carboxylic acids is 1. The first-order valence-electron chi connectivity index (χ1n) is 9.31. The number of nitro benzene ring substituents is 1. The summed E-state index contributed by atoms with van der Waals surface area (Å²) in [7, 11) is 1.33. The van der Waals surface area contributed by atoms with Crippen LogP contribution in [0, 0.1) is 33.4 Å². The number of nitrogens with zero attached hydrogens (tertiary/aromatic N) is 1. The molecule has 0 heterocycles. The molecule has 0 atom stereocenters. The van der Waals surface area contributed by atoms with Gasteiger partial charge in [-0.1, -0.05) is 24.3 Å². The molecule has 0 aliphatic rings. The van der Waals surface area contributed by atoms with Gasteiger partial charge in [0.2, 0.25) is 11.6 Å². The molecule has 0 radical (unpaired) electrons. The van der Waals surface area contributed by atoms with Gasteiger partial charge in [0.25, 0.3) is 5.69 Å². The SMILES string of the molecule is COc1ccc(/C=C/C(=O)c2ccccc2[N+](=O)[O-])cc1COc1c(F)c(F)cc(F)c1F. The van der Waals surface area contributed by atoms with Gasteiger partial charge in [-0.15, -0.1) is 0 Å². The van der Waals surface area contributed by atoms with Crippen LogP contribution in [0.2, 0.25) is 0 Å². The van der Waals surface area contributed by atoms with Crippen molar-refractivity contribution in [3.8, 4) is 11.5 Å². The zero-order chi connectivity index (χ0) is 24.1. The summed E-state index contributed by atoms with van der Waals surface area (Å²) in [6.45, 7) is -0.514. The molecule has 0 saturated carbocycles. The number of para-hydroxylation sites is 1. The maximum atomic E-state index is 13.8. The van der Waals surface area contributed by atoms with Crippen LogP contribution in [0.25, 0.3) is 6.08 Å². The van der Waals surface area contributed by atoms with Gasteiger partial charge < -0.3 is 9.47 Å². The third-order valence-corrected chi connectivity index (χ3v) is 4.54. The average Bonchev–Trinajstić information content (AvgIpc) is 2.81. The second-order valence-corrected chi connectivity index (χ2v) is 6.63. The zero-order valence-corrected chi connectivity index (χ0v) is 17.0. The molecule has 0 aromatic heterocycles. The van der Waals surface area contributed by atoms with Gasteiger partial charge in [-0.2, -0.15) is 8.78 Å². The lowest BCUT2D eigenvalue weighted by Gasteiger charge is -2.13. The highest BCUT2D eigenvalue weighted by Crippen LogP contribution is 2.29. The van der Waals surface area contributed by atoms with Crippen LogP contribution in [0.15, 0.2) is 54.6 Å². The van der Waals surface area contributed by atoms with E-state index < -0.39 is 46.3 Å². The van der Waals surface area contributed by atoms with Gasteiger partial charge in [-0.3, -0.25) is 14.9 Å². The van der Waals surface area contributed by atoms with Crippen molar-refractivity contribution in [2.45, 2.75) is 6.61 Å². The lowest BCUT2D eigenvalue weighted by molar-refractivity contribution is -0.385. The molecular formula is C23H15F4NO5. The number of halogens is 4. The van der Waals surface area contributed by atoms with Crippen molar-refractivity contribution in [3.63, 3.8) is 0 Å². The van der Waals surface area contributed by atoms with Gasteiger partial charge in [0.05, 0.1) is 17.6 Å². The van der Waals surface area contributed by atoms with Crippen LogP contribution in [0.5, 0.6) is 11.5 Å². The molecule has 3 aromatic rings. The predicted octanol–water partition coefficient (Wildman–Crippen LogP) is 5.63. The Morgan fingerprint density at radius 3 is 2.33 bits per heavy atom. The Kier molecular flexibility index (Phi) is 7.07. The molecule has 170 valence electrons. The molecule has 0 saturated heterocycles. The molecule has 0 N–H and O–H groups in total. The summed E-state index contributed by atoms with van der Waals surface area (Å²) in [5.74, 6) is -8.17. The maximum absolute atomic E-state index is 13.8. The summed E-state index contributed by atoms with van der Waals surface area (Å²) in [6.07, 6.45) is 2.49. The van der Waals surface area contributed by atoms with Crippen molar-refractivity contribution in [1.29, 1.82) is 0 Å². The second-order valence-electron chi connectivity index (χ2n) is 6.63. The lowest BCUT2D eigenvalue weighted by atomic mass is 10.1. The Hall–Kier alpha value is -4.21. The van der Waals surface area contributed by atoms with E-state index in [0.29, 0.717) is 5.56 Å². The van der Waals surface area contributed by atoms with Gasteiger partial charge in [0, 0.05) is 17.7 Å². The number of nitro groups is 1. The number of methoxy groups -OCH3 is 1. The van der Waals surface area contributed by atoms with E-state index in [1.54, 1.807) is 6.07 Å². The fourth-order valence-electron chi connectivity index (χ4n) is 2.95. The van der Waals surface area contributed by atoms with E-state index in [1.807, 2.05) is 0 Å². The first-order chi connectivity index (χ1) is 15.7. The minimum atomic E-state index is -1.68. The van der Waals surface area contributed by atoms with Crippen LogP contribution >= 0.6 is 0 Å². The smallest absolute Gasteiger partial charge is 0.280 e. The first kappa shape index (κ1) is 23.5. The fraction of sp³-hybridized carbons (Fsp3) is 0.0870. The van der Waals surface area contributed by atoms with Crippen LogP contribution in [0.1, 0.15) is 21.5 Å². The molecule has 0 aliphatic carbocycles. The molecule has 0 bridgehead atoms. The number of rotatable bonds is 8. The summed E-state index contributed by atoms with van der Waals surface area (Å²) in [4.78, 5) is 22.8. The highest BCUT2D eigenvalue weighted by Gasteiger charge is 2.21. The van der Waals surface area contributed by atoms with Crippen molar-refractivity contribution in [3.05, 3.63) is 105 Å². The van der Waals surface area contributed by atoms with Crippen molar-refractivity contribution in [1.82, 2.24) is 0 Å². The van der Waals surface area contributed by atoms with E-state index in [2.05, 4.69) is 0 Å². The quantitative estimate of drug-likeness (QED) is 0.108. The zero-order valence-electron chi connectivity index (χ0n) is 17.0. The monoisotopic (exact) mass is 461 g/mol. The first-order valence-corrected chi connectivity index (χ1v) is 9.31. The van der Waals surface area contributed by atoms with E-state index in [9.17, 15) is 32.5 Å². The third kappa shape index (κ3) is 5.17. The van der Waals surface area contributed by atoms with Gasteiger partial charge >= 0.3 is 0 Å². The van der Waals surface area contributed by atoms with Crippen molar-refractivity contribution in [2.75, 3.05) is 7.11 Å². The van der Waals surface area contributed by atoms with Crippen LogP contribution in [0.3, 0.4) is 0 Å². The standard InChI is InChI=1S/C23H15F4NO5/c1-32-20-9-7-13(6-8-19(29)15-4-2-3-5-18(15)28(30)31)10-14(20)12-33-23-21(26)16(24)11-17(25)22(23)27/h2-11H,12H2,1H3/b8-6+. The van der Waals surface area contributed by atoms with Gasteiger partial charge in [0.1, 0.15) is 12.4 Å². The third-order valence-electron chi connectivity index (χ3n) is 4.54. The van der Waals surface area contributed by atoms with E-state index >= 15 is 0 Å². The van der Waals surface area contributed by atoms with Crippen molar-refractivity contribution >= 4 is 17.5 Å². The van der Waals surface area contributed by atoms with E-state index in [-0.39, 0.29) is 28.6 Å². The minimum Gasteiger partial charge on any atom is -0.496 e. The number of carbonyl (C=O) groups is 1. The van der Waals surface area contributed by atoms with Gasteiger partial charge in [-0.25, -0.2) is 8.78 Å². The summed E-state index contributed by atoms with van der Waals surface area (Å²) < 4.78 is 64.6. The maximum Gasteiger partial charge on any atom is 0.280 e. The average molecular weight is 461 g/mol. The molecule has 0 unspecified atom stereocenters. The number of benzene rings is 3. The van der Waals surface area contributed by atoms with E-state index in [4.69, 9.17) is 9.47 Å². The van der Waals surface area contributed by atoms with E-state index in [0.717, 1.165) is 6.08 Å². The topological polar surface area (TPSA) is 78.7 Å². The van der Waals surface area contributed by atoms with Crippen molar-refractivity contribution < 1.29 is 36.8 Å². The highest BCUT2D eigenvalue weighted by molar-refractivity contribution is 6.09. The lowest BCUT2D eigenvalue weighted by Crippen LogP contribution is -2.05. The number of ketones is 1. The van der Waals surface area contributed by atoms with Crippen molar-refractivity contribution in [2.24, 2.45) is 0 Å². The molecule has 6 nitrogen and oxygen atoms in total. The van der Waals surface area contributed by atoms with Gasteiger partial charge in [-0.05, 0) is 29.8 Å². The summed E-state index contributed by atoms with van der Waals surface area (Å²) >= 11 is 0. The van der Waals surface area contributed by atoms with Crippen LogP contribution in [0.4, 0.5) is 23.2 Å². The number of allylic oxidation sites excluding steroid dienone is 1. The molecule has 10 heteroatoms. The normalized spacial score (nSPS) is 10.9. The predicted molar refractivity (Wildman–Crippen MR) is 110 cm³/mol. The van der Waals surface area contributed by atoms with Crippen LogP contribution in [-0.2, 0) is 6.61 Å². The second kappa shape index (κ2) is 9.94. The molecule has 0 fully saturated rings. The summed E-state index contributed by atoms with van der Waals surface area (Å²) in [5, 5.41) is 11.1. The Morgan fingerprint density at radius 2 is 1.70 bits per heavy atom. The minimum absolute atomic E-state index is 0.0671. The number of ether oxygens (including phenoxy) is 2. The molecule has 0 aliphatic heterocycles. The Bertz CT molecular complexity index is 1230. The molecule has 0 amide bonds. The number of hydrogen-bond donors (Lipinski definition) is 0. The summed E-state index contributed by atoms with van der Waals surface area (Å²) in [5.41, 5.74) is 0.228. The Morgan fingerprint density at radius 1 is 1.03 bits per heavy atom. The fourth-order valence-corrected chi connectivity index (χ4v) is 2.95. The Labute approximate surface area is 184 Å². The molecule has 3 aromatic carbocycles. The van der Waals surface area contributed by atoms with Crippen LogP contribution < -0.4 is 9.47 Å². The molecule has 33 heavy (non-hydrogen) atoms. The molecule has 3 rings (SSSR count). The number of hydrogen-bond acceptors (Lipinski definition) is 5. The van der Waals surface area contributed by atoms with Gasteiger partial charge in [0.15, 0.2) is 23.2 Å². The highest BCUT2D eigenvalue weighted by atomic mass is 19.2. The molecule has 0 spiro atoms. The van der Waals surface area contributed by atoms with E-state index in [1.165, 1.54) is 49.6 Å².